The Morgan fingerprint density at radius 1 is 1.13 bits per heavy atom. The molecule has 1 aliphatic heterocycles. The summed E-state index contributed by atoms with van der Waals surface area (Å²) in [4.78, 5) is 42.4. The summed E-state index contributed by atoms with van der Waals surface area (Å²) in [5.41, 5.74) is 0.235. The van der Waals surface area contributed by atoms with E-state index >= 15 is 0 Å². The first-order valence-electron chi connectivity index (χ1n) is 11.3. The highest BCUT2D eigenvalue weighted by atomic mass is 16.5. The van der Waals surface area contributed by atoms with Gasteiger partial charge in [0.2, 0.25) is 5.91 Å². The van der Waals surface area contributed by atoms with Crippen molar-refractivity contribution in [1.29, 1.82) is 0 Å². The number of ketones is 1. The first kappa shape index (κ1) is 23.5. The summed E-state index contributed by atoms with van der Waals surface area (Å²) in [6.45, 7) is 7.78. The zero-order chi connectivity index (χ0) is 22.8. The maximum atomic E-state index is 13.9. The van der Waals surface area contributed by atoms with Crippen LogP contribution in [0.25, 0.3) is 0 Å². The molecule has 1 amide bonds. The monoisotopic (exact) mass is 429 g/mol. The lowest BCUT2D eigenvalue weighted by molar-refractivity contribution is -0.159. The standard InChI is InChI=1S/C25H35NO5/c1-6-31-24(29)21-19(25(2,3)4)22(27)20(16-11-8-7-9-12-16)26(21)23(28)17-13-10-14-18(15-17)30-5/h7-9,11-12,17-21H,6,10,13-15H2,1-5H3/t17-,18-,19+,20-,21-/m0/s1. The Hall–Kier alpha value is -2.21. The Labute approximate surface area is 185 Å². The SMILES string of the molecule is CCOC(=O)[C@@H]1[C@@H](C(C)(C)C)C(=O)[C@H](c2ccccc2)N1C(=O)[C@H]1CCC[C@H](OC)C1. The summed E-state index contributed by atoms with van der Waals surface area (Å²) in [6, 6.07) is 7.60. The van der Waals surface area contributed by atoms with E-state index in [4.69, 9.17) is 9.47 Å². The highest BCUT2D eigenvalue weighted by molar-refractivity contribution is 6.02. The van der Waals surface area contributed by atoms with Crippen molar-refractivity contribution in [3.63, 3.8) is 0 Å². The lowest BCUT2D eigenvalue weighted by Crippen LogP contribution is -2.50. The van der Waals surface area contributed by atoms with E-state index in [0.29, 0.717) is 6.42 Å². The number of carbonyl (C=O) groups excluding carboxylic acids is 3. The van der Waals surface area contributed by atoms with Crippen molar-refractivity contribution < 1.29 is 23.9 Å². The van der Waals surface area contributed by atoms with Crippen LogP contribution in [0.1, 0.15) is 65.0 Å². The molecule has 0 aromatic heterocycles. The number of Topliss-reactive ketones (excluding diaryl/α,β-unsaturated/α-hetero) is 1. The molecule has 3 rings (SSSR count). The zero-order valence-corrected chi connectivity index (χ0v) is 19.3. The van der Waals surface area contributed by atoms with E-state index in [2.05, 4.69) is 0 Å². The zero-order valence-electron chi connectivity index (χ0n) is 19.3. The number of benzene rings is 1. The second-order valence-corrected chi connectivity index (χ2v) is 9.72. The topological polar surface area (TPSA) is 72.9 Å². The van der Waals surface area contributed by atoms with E-state index in [-0.39, 0.29) is 30.3 Å². The first-order chi connectivity index (χ1) is 14.7. The van der Waals surface area contributed by atoms with Gasteiger partial charge in [0.1, 0.15) is 12.1 Å². The Morgan fingerprint density at radius 3 is 2.39 bits per heavy atom. The molecule has 1 saturated heterocycles. The van der Waals surface area contributed by atoms with E-state index in [1.54, 1.807) is 18.9 Å². The van der Waals surface area contributed by atoms with Crippen LogP contribution in [0.15, 0.2) is 30.3 Å². The number of rotatable bonds is 5. The van der Waals surface area contributed by atoms with Crippen LogP contribution in [0.2, 0.25) is 0 Å². The van der Waals surface area contributed by atoms with E-state index in [0.717, 1.165) is 24.8 Å². The van der Waals surface area contributed by atoms with Crippen LogP contribution in [-0.2, 0) is 23.9 Å². The van der Waals surface area contributed by atoms with E-state index in [9.17, 15) is 14.4 Å². The average Bonchev–Trinajstić information content (AvgIpc) is 3.07. The fourth-order valence-corrected chi connectivity index (χ4v) is 5.18. The number of amides is 1. The average molecular weight is 430 g/mol. The van der Waals surface area contributed by atoms with E-state index in [1.807, 2.05) is 51.1 Å². The van der Waals surface area contributed by atoms with Crippen molar-refractivity contribution in [1.82, 2.24) is 4.90 Å². The number of methoxy groups -OCH3 is 1. The molecule has 0 N–H and O–H groups in total. The summed E-state index contributed by atoms with van der Waals surface area (Å²) in [6.07, 6.45) is 3.18. The minimum absolute atomic E-state index is 0.0237. The van der Waals surface area contributed by atoms with E-state index in [1.165, 1.54) is 0 Å². The minimum Gasteiger partial charge on any atom is -0.464 e. The first-order valence-corrected chi connectivity index (χ1v) is 11.3. The number of ether oxygens (including phenoxy) is 2. The smallest absolute Gasteiger partial charge is 0.329 e. The molecule has 0 radical (unpaired) electrons. The molecule has 6 heteroatoms. The van der Waals surface area contributed by atoms with Gasteiger partial charge in [-0.15, -0.1) is 0 Å². The van der Waals surface area contributed by atoms with Crippen LogP contribution >= 0.6 is 0 Å². The van der Waals surface area contributed by atoms with Crippen LogP contribution in [-0.4, -0.2) is 48.4 Å². The van der Waals surface area contributed by atoms with Gasteiger partial charge in [-0.3, -0.25) is 9.59 Å². The van der Waals surface area contributed by atoms with Gasteiger partial charge >= 0.3 is 5.97 Å². The number of esters is 1. The van der Waals surface area contributed by atoms with E-state index < -0.39 is 29.4 Å². The van der Waals surface area contributed by atoms with Crippen molar-refractivity contribution in [3.8, 4) is 0 Å². The molecule has 0 bridgehead atoms. The van der Waals surface area contributed by atoms with Gasteiger partial charge < -0.3 is 14.4 Å². The van der Waals surface area contributed by atoms with Gasteiger partial charge in [-0.2, -0.15) is 0 Å². The molecule has 31 heavy (non-hydrogen) atoms. The van der Waals surface area contributed by atoms with Crippen molar-refractivity contribution in [2.45, 2.75) is 71.6 Å². The number of carbonyl (C=O) groups is 3. The third-order valence-electron chi connectivity index (χ3n) is 6.61. The summed E-state index contributed by atoms with van der Waals surface area (Å²) in [5, 5.41) is 0. The number of hydrogen-bond acceptors (Lipinski definition) is 5. The van der Waals surface area contributed by atoms with Crippen LogP contribution in [0.4, 0.5) is 0 Å². The van der Waals surface area contributed by atoms with Crippen molar-refractivity contribution in [2.75, 3.05) is 13.7 Å². The summed E-state index contributed by atoms with van der Waals surface area (Å²) < 4.78 is 10.9. The number of likely N-dealkylation sites (tertiary alicyclic amines) is 1. The summed E-state index contributed by atoms with van der Waals surface area (Å²) >= 11 is 0. The van der Waals surface area contributed by atoms with Gasteiger partial charge in [-0.05, 0) is 37.2 Å². The second kappa shape index (κ2) is 9.51. The molecule has 0 unspecified atom stereocenters. The highest BCUT2D eigenvalue weighted by Crippen LogP contribution is 2.47. The quantitative estimate of drug-likeness (QED) is 0.663. The molecule has 0 spiro atoms. The predicted molar refractivity (Wildman–Crippen MR) is 117 cm³/mol. The van der Waals surface area contributed by atoms with Crippen LogP contribution in [0.5, 0.6) is 0 Å². The lowest BCUT2D eigenvalue weighted by atomic mass is 9.74. The Morgan fingerprint density at radius 2 is 1.81 bits per heavy atom. The molecule has 5 atom stereocenters. The highest BCUT2D eigenvalue weighted by Gasteiger charge is 2.58. The third kappa shape index (κ3) is 4.69. The van der Waals surface area contributed by atoms with Crippen LogP contribution in [0, 0.1) is 17.3 Å². The van der Waals surface area contributed by atoms with Crippen molar-refractivity contribution in [2.24, 2.45) is 17.3 Å². The van der Waals surface area contributed by atoms with Gasteiger partial charge in [-0.1, -0.05) is 57.5 Å². The fraction of sp³-hybridized carbons (Fsp3) is 0.640. The molecule has 1 aromatic rings. The molecule has 1 saturated carbocycles. The van der Waals surface area contributed by atoms with Gasteiger partial charge in [0.05, 0.1) is 18.6 Å². The van der Waals surface area contributed by atoms with Gasteiger partial charge in [0.25, 0.3) is 0 Å². The molecule has 6 nitrogen and oxygen atoms in total. The number of hydrogen-bond donors (Lipinski definition) is 0. The van der Waals surface area contributed by atoms with Crippen LogP contribution in [0.3, 0.4) is 0 Å². The maximum absolute atomic E-state index is 13.9. The lowest BCUT2D eigenvalue weighted by Gasteiger charge is -2.36. The van der Waals surface area contributed by atoms with Gasteiger partial charge in [-0.25, -0.2) is 4.79 Å². The molecule has 2 aliphatic rings. The predicted octanol–water partition coefficient (Wildman–Crippen LogP) is 3.94. The molecule has 1 aliphatic carbocycles. The molecule has 1 heterocycles. The molecule has 2 fully saturated rings. The molecule has 1 aromatic carbocycles. The molecule has 170 valence electrons. The maximum Gasteiger partial charge on any atom is 0.329 e. The fourth-order valence-electron chi connectivity index (χ4n) is 5.18. The Kier molecular flexibility index (Phi) is 7.20. The van der Waals surface area contributed by atoms with Crippen molar-refractivity contribution in [3.05, 3.63) is 35.9 Å². The summed E-state index contributed by atoms with van der Waals surface area (Å²) in [7, 11) is 1.67. The Bertz CT molecular complexity index is 800. The second-order valence-electron chi connectivity index (χ2n) is 9.72. The third-order valence-corrected chi connectivity index (χ3v) is 6.61. The number of nitrogens with zero attached hydrogens (tertiary/aromatic N) is 1. The Balaban J connectivity index is 2.08. The van der Waals surface area contributed by atoms with Gasteiger partial charge in [0, 0.05) is 13.0 Å². The summed E-state index contributed by atoms with van der Waals surface area (Å²) in [5.74, 6) is -1.64. The van der Waals surface area contributed by atoms with Crippen molar-refractivity contribution >= 4 is 17.7 Å². The molecular formula is C25H35NO5. The van der Waals surface area contributed by atoms with Gasteiger partial charge in [0.15, 0.2) is 5.78 Å². The van der Waals surface area contributed by atoms with Crippen LogP contribution < -0.4 is 0 Å². The normalized spacial score (nSPS) is 29.1. The molecular weight excluding hydrogens is 394 g/mol. The minimum atomic E-state index is -0.923. The largest absolute Gasteiger partial charge is 0.464 e.